The standard InChI is InChI=1S/C16H12N2O2/c19-18(12-13-4-2-1-3-5-13)15-8-6-14(7-9-15)16-17-10-11-20-16/h1-12H. The van der Waals surface area contributed by atoms with Crippen molar-refractivity contribution >= 4 is 11.9 Å². The molecule has 0 atom stereocenters. The first kappa shape index (κ1) is 12.2. The number of aromatic nitrogens is 1. The number of hydrogen-bond acceptors (Lipinski definition) is 3. The zero-order chi connectivity index (χ0) is 13.8. The van der Waals surface area contributed by atoms with Gasteiger partial charge in [-0.25, -0.2) is 4.98 Å². The van der Waals surface area contributed by atoms with E-state index < -0.39 is 0 Å². The Hall–Kier alpha value is -2.88. The predicted molar refractivity (Wildman–Crippen MR) is 76.8 cm³/mol. The summed E-state index contributed by atoms with van der Waals surface area (Å²) in [7, 11) is 0. The normalized spacial score (nSPS) is 11.5. The van der Waals surface area contributed by atoms with Gasteiger partial charge in [-0.3, -0.25) is 0 Å². The minimum atomic E-state index is 0.543. The summed E-state index contributed by atoms with van der Waals surface area (Å²) in [6.07, 6.45) is 4.65. The van der Waals surface area contributed by atoms with Gasteiger partial charge in [-0.05, 0) is 24.3 Å². The molecule has 0 aliphatic rings. The molecule has 0 spiro atoms. The lowest BCUT2D eigenvalue weighted by Gasteiger charge is -2.03. The van der Waals surface area contributed by atoms with Crippen LogP contribution < -0.4 is 0 Å². The molecule has 0 radical (unpaired) electrons. The van der Waals surface area contributed by atoms with E-state index in [2.05, 4.69) is 4.98 Å². The summed E-state index contributed by atoms with van der Waals surface area (Å²) in [6.45, 7) is 0. The van der Waals surface area contributed by atoms with Crippen molar-refractivity contribution in [2.75, 3.05) is 0 Å². The Morgan fingerprint density at radius 2 is 1.75 bits per heavy atom. The van der Waals surface area contributed by atoms with Crippen LogP contribution in [0.4, 0.5) is 5.69 Å². The van der Waals surface area contributed by atoms with Crippen LogP contribution in [0.25, 0.3) is 11.5 Å². The Bertz CT molecular complexity index is 702. The molecule has 0 bridgehead atoms. The third kappa shape index (κ3) is 2.59. The first-order valence-electron chi connectivity index (χ1n) is 6.19. The van der Waals surface area contributed by atoms with E-state index >= 15 is 0 Å². The van der Waals surface area contributed by atoms with Gasteiger partial charge in [0.05, 0.1) is 6.20 Å². The van der Waals surface area contributed by atoms with Crippen LogP contribution in [-0.2, 0) is 0 Å². The molecule has 0 amide bonds. The molecular weight excluding hydrogens is 252 g/mol. The predicted octanol–water partition coefficient (Wildman–Crippen LogP) is 3.60. The van der Waals surface area contributed by atoms with E-state index in [4.69, 9.17) is 4.42 Å². The minimum Gasteiger partial charge on any atom is -0.618 e. The van der Waals surface area contributed by atoms with Crippen LogP contribution in [0.1, 0.15) is 5.56 Å². The number of benzene rings is 2. The van der Waals surface area contributed by atoms with Crippen molar-refractivity contribution in [2.24, 2.45) is 0 Å². The molecule has 1 aromatic heterocycles. The smallest absolute Gasteiger partial charge is 0.225 e. The van der Waals surface area contributed by atoms with Gasteiger partial charge >= 0.3 is 0 Å². The molecule has 4 nitrogen and oxygen atoms in total. The summed E-state index contributed by atoms with van der Waals surface area (Å²) in [5.41, 5.74) is 2.26. The molecule has 0 unspecified atom stereocenters. The summed E-state index contributed by atoms with van der Waals surface area (Å²) < 4.78 is 6.05. The molecule has 0 aliphatic carbocycles. The van der Waals surface area contributed by atoms with Crippen LogP contribution in [0.2, 0.25) is 0 Å². The van der Waals surface area contributed by atoms with E-state index in [1.807, 2.05) is 42.5 Å². The summed E-state index contributed by atoms with van der Waals surface area (Å²) in [5.74, 6) is 0.543. The Labute approximate surface area is 116 Å². The molecule has 98 valence electrons. The molecule has 0 fully saturated rings. The maximum atomic E-state index is 12.0. The largest absolute Gasteiger partial charge is 0.618 e. The fourth-order valence-corrected chi connectivity index (χ4v) is 1.87. The number of oxazole rings is 1. The summed E-state index contributed by atoms with van der Waals surface area (Å²) in [6, 6.07) is 16.6. The summed E-state index contributed by atoms with van der Waals surface area (Å²) >= 11 is 0. The average molecular weight is 264 g/mol. The van der Waals surface area contributed by atoms with E-state index in [9.17, 15) is 5.21 Å². The van der Waals surface area contributed by atoms with Crippen LogP contribution in [0.15, 0.2) is 71.5 Å². The molecule has 3 aromatic rings. The molecular formula is C16H12N2O2. The van der Waals surface area contributed by atoms with E-state index in [0.29, 0.717) is 11.6 Å². The zero-order valence-corrected chi connectivity index (χ0v) is 10.6. The molecule has 0 saturated heterocycles. The second kappa shape index (κ2) is 5.40. The molecule has 0 saturated carbocycles. The van der Waals surface area contributed by atoms with Gasteiger partial charge in [0.15, 0.2) is 6.21 Å². The molecule has 1 heterocycles. The van der Waals surface area contributed by atoms with Gasteiger partial charge < -0.3 is 9.62 Å². The lowest BCUT2D eigenvalue weighted by Crippen LogP contribution is -1.98. The first-order valence-corrected chi connectivity index (χ1v) is 6.19. The Kier molecular flexibility index (Phi) is 3.29. The van der Waals surface area contributed by atoms with Crippen molar-refractivity contribution in [3.63, 3.8) is 0 Å². The zero-order valence-electron chi connectivity index (χ0n) is 10.6. The monoisotopic (exact) mass is 264 g/mol. The van der Waals surface area contributed by atoms with Crippen molar-refractivity contribution in [3.05, 3.63) is 77.8 Å². The quantitative estimate of drug-likeness (QED) is 0.314. The third-order valence-electron chi connectivity index (χ3n) is 2.87. The topological polar surface area (TPSA) is 52.1 Å². The maximum absolute atomic E-state index is 12.0. The van der Waals surface area contributed by atoms with Crippen molar-refractivity contribution < 1.29 is 9.16 Å². The van der Waals surface area contributed by atoms with Crippen LogP contribution in [0.5, 0.6) is 0 Å². The second-order valence-corrected chi connectivity index (χ2v) is 4.25. The summed E-state index contributed by atoms with van der Waals surface area (Å²) in [5, 5.41) is 12.0. The fourth-order valence-electron chi connectivity index (χ4n) is 1.87. The van der Waals surface area contributed by atoms with Gasteiger partial charge in [0.1, 0.15) is 6.26 Å². The molecule has 2 aromatic carbocycles. The Morgan fingerprint density at radius 1 is 1.00 bits per heavy atom. The van der Waals surface area contributed by atoms with Crippen LogP contribution in [-0.4, -0.2) is 15.9 Å². The van der Waals surface area contributed by atoms with Crippen molar-refractivity contribution in [2.45, 2.75) is 0 Å². The molecule has 0 aliphatic heterocycles. The average Bonchev–Trinajstić information content (AvgIpc) is 3.03. The SMILES string of the molecule is [O-][N+](=Cc1ccccc1)c1ccc(-c2ncco2)cc1. The highest BCUT2D eigenvalue weighted by molar-refractivity contribution is 5.76. The van der Waals surface area contributed by atoms with Gasteiger partial charge in [-0.2, -0.15) is 4.74 Å². The maximum Gasteiger partial charge on any atom is 0.225 e. The van der Waals surface area contributed by atoms with Crippen molar-refractivity contribution in [1.29, 1.82) is 0 Å². The van der Waals surface area contributed by atoms with Gasteiger partial charge in [0.25, 0.3) is 0 Å². The molecule has 20 heavy (non-hydrogen) atoms. The molecule has 0 N–H and O–H groups in total. The van der Waals surface area contributed by atoms with Gasteiger partial charge in [-0.15, -0.1) is 0 Å². The van der Waals surface area contributed by atoms with Gasteiger partial charge in [-0.1, -0.05) is 18.2 Å². The van der Waals surface area contributed by atoms with Crippen LogP contribution in [0, 0.1) is 5.21 Å². The van der Waals surface area contributed by atoms with Crippen molar-refractivity contribution in [1.82, 2.24) is 4.98 Å². The highest BCUT2D eigenvalue weighted by Crippen LogP contribution is 2.20. The number of rotatable bonds is 3. The van der Waals surface area contributed by atoms with Gasteiger partial charge in [0.2, 0.25) is 11.6 Å². The lowest BCUT2D eigenvalue weighted by atomic mass is 10.2. The van der Waals surface area contributed by atoms with Gasteiger partial charge in [0, 0.05) is 23.3 Å². The number of nitrogens with zero attached hydrogens (tertiary/aromatic N) is 2. The van der Waals surface area contributed by atoms with Crippen LogP contribution in [0.3, 0.4) is 0 Å². The third-order valence-corrected chi connectivity index (χ3v) is 2.87. The van der Waals surface area contributed by atoms with Crippen LogP contribution >= 0.6 is 0 Å². The Morgan fingerprint density at radius 3 is 2.40 bits per heavy atom. The second-order valence-electron chi connectivity index (χ2n) is 4.25. The van der Waals surface area contributed by atoms with E-state index in [1.54, 1.807) is 24.5 Å². The van der Waals surface area contributed by atoms with E-state index in [1.165, 1.54) is 6.26 Å². The molecule has 3 rings (SSSR count). The van der Waals surface area contributed by atoms with Crippen molar-refractivity contribution in [3.8, 4) is 11.5 Å². The first-order chi connectivity index (χ1) is 9.83. The summed E-state index contributed by atoms with van der Waals surface area (Å²) in [4.78, 5) is 4.06. The highest BCUT2D eigenvalue weighted by Gasteiger charge is 2.05. The van der Waals surface area contributed by atoms with E-state index in [0.717, 1.165) is 15.9 Å². The highest BCUT2D eigenvalue weighted by atomic mass is 16.5. The molecule has 4 heteroatoms. The lowest BCUT2D eigenvalue weighted by molar-refractivity contribution is -0.354. The minimum absolute atomic E-state index is 0.543. The fraction of sp³-hybridized carbons (Fsp3) is 0. The Balaban J connectivity index is 1.86. The number of hydrogen-bond donors (Lipinski definition) is 0. The van der Waals surface area contributed by atoms with E-state index in [-0.39, 0.29) is 0 Å².